The second-order valence-electron chi connectivity index (χ2n) is 9.32. The van der Waals surface area contributed by atoms with Crippen LogP contribution in [0.15, 0.2) is 48.7 Å². The van der Waals surface area contributed by atoms with E-state index < -0.39 is 18.3 Å². The van der Waals surface area contributed by atoms with Crippen LogP contribution in [0.5, 0.6) is 11.5 Å². The molecular weight excluding hydrogens is 471 g/mol. The van der Waals surface area contributed by atoms with Crippen molar-refractivity contribution in [2.75, 3.05) is 33.9 Å². The maximum Gasteiger partial charge on any atom is 0.422 e. The maximum atomic E-state index is 13.1. The normalized spacial score (nSPS) is 16.4. The zero-order valence-corrected chi connectivity index (χ0v) is 20.6. The first-order valence-electron chi connectivity index (χ1n) is 11.8. The number of nitrogens with one attached hydrogen (secondary N) is 1. The smallest absolute Gasteiger partial charge is 0.422 e. The van der Waals surface area contributed by atoms with Crippen LogP contribution in [0.4, 0.5) is 13.2 Å². The molecule has 2 fully saturated rings. The average molecular weight is 502 g/mol. The van der Waals surface area contributed by atoms with Crippen molar-refractivity contribution >= 4 is 16.8 Å². The summed E-state index contributed by atoms with van der Waals surface area (Å²) in [7, 11) is 3.67. The number of nitrogens with zero attached hydrogens (tertiary/aromatic N) is 2. The molecule has 192 valence electrons. The molecule has 2 aromatic carbocycles. The second-order valence-corrected chi connectivity index (χ2v) is 9.32. The standard InChI is InChI=1S/C23H21F3N2O3.C4H9N/c1-14-5-6-15(30-2)10-18(14)21(29)28-22(7-8-22)19-11-16(31-13-23(24,25)26)12-20-17(19)4-3-9-27-20;1-5-3-2-4-5/h3-6,9-12H,7-8,13H2,1-2H3,(H,28,29);2-4H2,1H3. The molecule has 1 saturated heterocycles. The van der Waals surface area contributed by atoms with Gasteiger partial charge in [-0.25, -0.2) is 0 Å². The Morgan fingerprint density at radius 2 is 1.86 bits per heavy atom. The predicted molar refractivity (Wildman–Crippen MR) is 132 cm³/mol. The molecule has 1 N–H and O–H groups in total. The molecule has 0 atom stereocenters. The van der Waals surface area contributed by atoms with Crippen molar-refractivity contribution in [2.45, 2.75) is 37.9 Å². The zero-order chi connectivity index (χ0) is 25.9. The Bertz CT molecular complexity index is 1240. The summed E-state index contributed by atoms with van der Waals surface area (Å²) in [5.74, 6) is 0.363. The third kappa shape index (κ3) is 6.07. The van der Waals surface area contributed by atoms with Crippen LogP contribution in [-0.2, 0) is 5.54 Å². The minimum Gasteiger partial charge on any atom is -0.497 e. The van der Waals surface area contributed by atoms with Gasteiger partial charge in [-0.3, -0.25) is 9.78 Å². The van der Waals surface area contributed by atoms with Crippen LogP contribution in [0.3, 0.4) is 0 Å². The van der Waals surface area contributed by atoms with Gasteiger partial charge in [0.25, 0.3) is 5.91 Å². The van der Waals surface area contributed by atoms with Crippen molar-refractivity contribution in [3.8, 4) is 11.5 Å². The third-order valence-corrected chi connectivity index (χ3v) is 6.48. The van der Waals surface area contributed by atoms with Gasteiger partial charge in [-0.05, 0) is 81.7 Å². The Hall–Kier alpha value is -3.33. The van der Waals surface area contributed by atoms with Crippen LogP contribution < -0.4 is 14.8 Å². The fourth-order valence-electron chi connectivity index (χ4n) is 4.12. The predicted octanol–water partition coefficient (Wildman–Crippen LogP) is 5.23. The number of alkyl halides is 3. The number of halogens is 3. The molecule has 1 amide bonds. The van der Waals surface area contributed by atoms with Crippen LogP contribution >= 0.6 is 0 Å². The molecule has 1 aliphatic carbocycles. The van der Waals surface area contributed by atoms with E-state index in [4.69, 9.17) is 9.47 Å². The van der Waals surface area contributed by atoms with Crippen LogP contribution in [0.25, 0.3) is 10.9 Å². The highest BCUT2D eigenvalue weighted by Gasteiger charge is 2.47. The molecule has 9 heteroatoms. The number of benzene rings is 2. The highest BCUT2D eigenvalue weighted by atomic mass is 19.4. The van der Waals surface area contributed by atoms with Gasteiger partial charge in [-0.2, -0.15) is 13.2 Å². The molecule has 2 heterocycles. The second kappa shape index (κ2) is 10.3. The fraction of sp³-hybridized carbons (Fsp3) is 0.407. The number of aryl methyl sites for hydroxylation is 1. The van der Waals surface area contributed by atoms with Gasteiger partial charge in [-0.15, -0.1) is 0 Å². The quantitative estimate of drug-likeness (QED) is 0.501. The number of hydrogen-bond acceptors (Lipinski definition) is 5. The van der Waals surface area contributed by atoms with Gasteiger partial charge >= 0.3 is 6.18 Å². The third-order valence-electron chi connectivity index (χ3n) is 6.48. The Kier molecular flexibility index (Phi) is 7.40. The molecule has 5 rings (SSSR count). The van der Waals surface area contributed by atoms with Crippen molar-refractivity contribution in [3.05, 3.63) is 65.4 Å². The summed E-state index contributed by atoms with van der Waals surface area (Å²) in [6.07, 6.45) is -0.147. The summed E-state index contributed by atoms with van der Waals surface area (Å²) in [5.41, 5.74) is 1.80. The molecule has 0 unspecified atom stereocenters. The van der Waals surface area contributed by atoms with Gasteiger partial charge in [0.15, 0.2) is 6.61 Å². The first-order chi connectivity index (χ1) is 17.1. The molecular formula is C27H30F3N3O3. The number of fused-ring (bicyclic) bond motifs is 1. The Morgan fingerprint density at radius 1 is 1.14 bits per heavy atom. The lowest BCUT2D eigenvalue weighted by Gasteiger charge is -2.24. The van der Waals surface area contributed by atoms with Gasteiger partial charge in [0.1, 0.15) is 11.5 Å². The molecule has 0 spiro atoms. The van der Waals surface area contributed by atoms with E-state index in [-0.39, 0.29) is 11.7 Å². The van der Waals surface area contributed by atoms with E-state index in [9.17, 15) is 18.0 Å². The number of ether oxygens (including phenoxy) is 2. The number of rotatable bonds is 6. The number of carbonyl (C=O) groups is 1. The number of likely N-dealkylation sites (tertiary alicyclic amines) is 1. The molecule has 36 heavy (non-hydrogen) atoms. The molecule has 0 radical (unpaired) electrons. The number of amides is 1. The van der Waals surface area contributed by atoms with E-state index in [0.717, 1.165) is 10.9 Å². The highest BCUT2D eigenvalue weighted by Crippen LogP contribution is 2.49. The lowest BCUT2D eigenvalue weighted by atomic mass is 9.97. The molecule has 1 aliphatic heterocycles. The molecule has 3 aromatic rings. The van der Waals surface area contributed by atoms with Crippen molar-refractivity contribution < 1.29 is 27.4 Å². The van der Waals surface area contributed by atoms with E-state index in [2.05, 4.69) is 22.2 Å². The minimum atomic E-state index is -4.45. The van der Waals surface area contributed by atoms with E-state index >= 15 is 0 Å². The van der Waals surface area contributed by atoms with Gasteiger partial charge in [-0.1, -0.05) is 12.1 Å². The van der Waals surface area contributed by atoms with Gasteiger partial charge in [0, 0.05) is 23.2 Å². The van der Waals surface area contributed by atoms with E-state index in [1.54, 1.807) is 36.5 Å². The summed E-state index contributed by atoms with van der Waals surface area (Å²) in [5, 5.41) is 3.85. The summed E-state index contributed by atoms with van der Waals surface area (Å²) < 4.78 is 48.2. The van der Waals surface area contributed by atoms with Gasteiger partial charge in [0.05, 0.1) is 18.2 Å². The number of carbonyl (C=O) groups excluding carboxylic acids is 1. The number of methoxy groups -OCH3 is 1. The molecule has 1 saturated carbocycles. The fourth-order valence-corrected chi connectivity index (χ4v) is 4.12. The molecule has 1 aromatic heterocycles. The first-order valence-corrected chi connectivity index (χ1v) is 11.8. The topological polar surface area (TPSA) is 63.7 Å². The van der Waals surface area contributed by atoms with Crippen molar-refractivity contribution in [1.29, 1.82) is 0 Å². The Labute approximate surface area is 208 Å². The Balaban J connectivity index is 0.000000543. The van der Waals surface area contributed by atoms with Crippen molar-refractivity contribution in [3.63, 3.8) is 0 Å². The maximum absolute atomic E-state index is 13.1. The SMILES string of the molecule is CN1CCC1.COc1ccc(C)c(C(=O)NC2(c3cc(OCC(F)(F)F)cc4ncccc34)CC2)c1. The van der Waals surface area contributed by atoms with Crippen LogP contribution in [0.2, 0.25) is 0 Å². The monoisotopic (exact) mass is 501 g/mol. The number of aromatic nitrogens is 1. The molecule has 6 nitrogen and oxygen atoms in total. The van der Waals surface area contributed by atoms with Crippen molar-refractivity contribution in [2.24, 2.45) is 0 Å². The Morgan fingerprint density at radius 3 is 2.44 bits per heavy atom. The number of hydrogen-bond donors (Lipinski definition) is 1. The average Bonchev–Trinajstić information content (AvgIpc) is 3.61. The van der Waals surface area contributed by atoms with Gasteiger partial charge in [0.2, 0.25) is 0 Å². The largest absolute Gasteiger partial charge is 0.497 e. The van der Waals surface area contributed by atoms with E-state index in [1.165, 1.54) is 32.7 Å². The van der Waals surface area contributed by atoms with E-state index in [1.807, 2.05) is 13.0 Å². The van der Waals surface area contributed by atoms with E-state index in [0.29, 0.717) is 35.2 Å². The highest BCUT2D eigenvalue weighted by molar-refractivity contribution is 5.97. The summed E-state index contributed by atoms with van der Waals surface area (Å²) in [6, 6.07) is 11.9. The summed E-state index contributed by atoms with van der Waals surface area (Å²) in [4.78, 5) is 19.7. The molecule has 0 bridgehead atoms. The van der Waals surface area contributed by atoms with Crippen LogP contribution in [0.1, 0.15) is 40.7 Å². The first kappa shape index (κ1) is 25.8. The zero-order valence-electron chi connectivity index (χ0n) is 20.6. The van der Waals surface area contributed by atoms with Crippen molar-refractivity contribution in [1.82, 2.24) is 15.2 Å². The van der Waals surface area contributed by atoms with Gasteiger partial charge < -0.3 is 19.7 Å². The van der Waals surface area contributed by atoms with Crippen LogP contribution in [0, 0.1) is 6.92 Å². The lowest BCUT2D eigenvalue weighted by Crippen LogP contribution is -2.35. The minimum absolute atomic E-state index is 0.0663. The summed E-state index contributed by atoms with van der Waals surface area (Å²) >= 11 is 0. The van der Waals surface area contributed by atoms with Crippen LogP contribution in [-0.4, -0.2) is 55.8 Å². The summed E-state index contributed by atoms with van der Waals surface area (Å²) in [6.45, 7) is 3.08. The number of pyridine rings is 1. The lowest BCUT2D eigenvalue weighted by molar-refractivity contribution is -0.153. The molecule has 2 aliphatic rings.